The predicted octanol–water partition coefficient (Wildman–Crippen LogP) is 3.18. The van der Waals surface area contributed by atoms with Crippen molar-refractivity contribution in [3.63, 3.8) is 0 Å². The maximum Gasteiger partial charge on any atom is 0.242 e. The van der Waals surface area contributed by atoms with Crippen molar-refractivity contribution in [2.75, 3.05) is 6.54 Å². The summed E-state index contributed by atoms with van der Waals surface area (Å²) < 4.78 is 26.9. The van der Waals surface area contributed by atoms with Gasteiger partial charge in [-0.1, -0.05) is 44.0 Å². The van der Waals surface area contributed by atoms with Gasteiger partial charge < -0.3 is 5.32 Å². The van der Waals surface area contributed by atoms with Crippen LogP contribution >= 0.6 is 23.2 Å². The molecule has 0 aliphatic carbocycles. The maximum absolute atomic E-state index is 12.2. The number of sulfonamides is 1. The fraction of sp³-hybridized carbons (Fsp3) is 0.538. The number of hydrogen-bond acceptors (Lipinski definition) is 3. The van der Waals surface area contributed by atoms with Crippen LogP contribution in [0.4, 0.5) is 0 Å². The fourth-order valence-corrected chi connectivity index (χ4v) is 3.63. The molecule has 0 fully saturated rings. The zero-order valence-electron chi connectivity index (χ0n) is 11.8. The molecule has 0 aliphatic heterocycles. The molecule has 0 amide bonds. The van der Waals surface area contributed by atoms with E-state index in [4.69, 9.17) is 23.2 Å². The lowest BCUT2D eigenvalue weighted by atomic mass is 10.2. The largest absolute Gasteiger partial charge is 0.310 e. The van der Waals surface area contributed by atoms with Crippen LogP contribution in [-0.4, -0.2) is 21.0 Å². The summed E-state index contributed by atoms with van der Waals surface area (Å²) >= 11 is 12.2. The molecule has 1 aromatic carbocycles. The molecule has 0 saturated carbocycles. The molecule has 1 aromatic rings. The Kier molecular flexibility index (Phi) is 6.75. The third kappa shape index (κ3) is 4.90. The molecular formula is C13H20Cl2N2O2S. The smallest absolute Gasteiger partial charge is 0.242 e. The second-order valence-corrected chi connectivity index (χ2v) is 7.36. The van der Waals surface area contributed by atoms with Gasteiger partial charge in [0.1, 0.15) is 4.90 Å². The van der Waals surface area contributed by atoms with Crippen molar-refractivity contribution < 1.29 is 8.42 Å². The van der Waals surface area contributed by atoms with E-state index in [1.807, 2.05) is 20.8 Å². The van der Waals surface area contributed by atoms with Gasteiger partial charge in [-0.15, -0.1) is 0 Å². The lowest BCUT2D eigenvalue weighted by molar-refractivity contribution is 0.578. The summed E-state index contributed by atoms with van der Waals surface area (Å²) in [7, 11) is -3.63. The van der Waals surface area contributed by atoms with Gasteiger partial charge in [-0.05, 0) is 24.1 Å². The Hall–Kier alpha value is -0.330. The van der Waals surface area contributed by atoms with E-state index < -0.39 is 10.0 Å². The average molecular weight is 339 g/mol. The summed E-state index contributed by atoms with van der Waals surface area (Å²) in [6.07, 6.45) is 0.708. The molecule has 1 rings (SSSR count). The van der Waals surface area contributed by atoms with Crippen molar-refractivity contribution in [3.05, 3.63) is 27.7 Å². The normalized spacial score (nSPS) is 12.1. The monoisotopic (exact) mass is 338 g/mol. The molecule has 0 atom stereocenters. The van der Waals surface area contributed by atoms with E-state index in [1.165, 1.54) is 6.07 Å². The highest BCUT2D eigenvalue weighted by Crippen LogP contribution is 2.29. The quantitative estimate of drug-likeness (QED) is 0.802. The lowest BCUT2D eigenvalue weighted by Crippen LogP contribution is -2.26. The summed E-state index contributed by atoms with van der Waals surface area (Å²) in [4.78, 5) is 0.0284. The van der Waals surface area contributed by atoms with Crippen LogP contribution in [0.5, 0.6) is 0 Å². The van der Waals surface area contributed by atoms with Crippen molar-refractivity contribution >= 4 is 33.2 Å². The van der Waals surface area contributed by atoms with Gasteiger partial charge in [0, 0.05) is 24.2 Å². The minimum absolute atomic E-state index is 0.0284. The summed E-state index contributed by atoms with van der Waals surface area (Å²) in [5.41, 5.74) is 0.671. The number of halogens is 2. The van der Waals surface area contributed by atoms with E-state index in [1.54, 1.807) is 6.07 Å². The first-order valence-corrected chi connectivity index (χ1v) is 8.72. The van der Waals surface area contributed by atoms with Gasteiger partial charge in [-0.25, -0.2) is 13.1 Å². The average Bonchev–Trinajstić information content (AvgIpc) is 2.36. The van der Waals surface area contributed by atoms with E-state index in [0.717, 1.165) is 0 Å². The molecule has 4 nitrogen and oxygen atoms in total. The second-order valence-electron chi connectivity index (χ2n) is 4.81. The van der Waals surface area contributed by atoms with Gasteiger partial charge in [0.15, 0.2) is 0 Å². The molecule has 0 unspecified atom stereocenters. The Morgan fingerprint density at radius 1 is 1.25 bits per heavy atom. The Bertz CT molecular complexity index is 560. The van der Waals surface area contributed by atoms with Crippen molar-refractivity contribution in [2.45, 2.75) is 44.7 Å². The van der Waals surface area contributed by atoms with Crippen LogP contribution in [0.2, 0.25) is 10.0 Å². The fourth-order valence-electron chi connectivity index (χ4n) is 1.57. The van der Waals surface area contributed by atoms with Crippen LogP contribution in [0, 0.1) is 0 Å². The molecule has 0 saturated heterocycles. The highest BCUT2D eigenvalue weighted by molar-refractivity contribution is 7.89. The molecule has 0 radical (unpaired) electrons. The zero-order chi connectivity index (χ0) is 15.3. The van der Waals surface area contributed by atoms with Gasteiger partial charge in [0.2, 0.25) is 10.0 Å². The number of nitrogens with one attached hydrogen (secondary N) is 2. The van der Waals surface area contributed by atoms with Crippen LogP contribution in [0.1, 0.15) is 32.8 Å². The molecule has 0 aromatic heterocycles. The van der Waals surface area contributed by atoms with Crippen molar-refractivity contribution in [1.29, 1.82) is 0 Å². The molecule has 0 bridgehead atoms. The molecular weight excluding hydrogens is 319 g/mol. The molecule has 0 aliphatic rings. The standard InChI is InChI=1S/C13H20Cl2N2O2S/c1-4-5-17-20(18,19)12-7-11(14)6-10(13(12)15)8-16-9(2)3/h6-7,9,16-17H,4-5,8H2,1-3H3. The van der Waals surface area contributed by atoms with Crippen molar-refractivity contribution in [2.24, 2.45) is 0 Å². The topological polar surface area (TPSA) is 58.2 Å². The summed E-state index contributed by atoms with van der Waals surface area (Å²) in [6.45, 7) is 6.72. The van der Waals surface area contributed by atoms with Gasteiger partial charge in [-0.2, -0.15) is 0 Å². The summed E-state index contributed by atoms with van der Waals surface area (Å²) in [5.74, 6) is 0. The zero-order valence-corrected chi connectivity index (χ0v) is 14.2. The van der Waals surface area contributed by atoms with Gasteiger partial charge in [-0.3, -0.25) is 0 Å². The minimum atomic E-state index is -3.63. The molecule has 0 heterocycles. The van der Waals surface area contributed by atoms with Crippen molar-refractivity contribution in [1.82, 2.24) is 10.0 Å². The molecule has 7 heteroatoms. The van der Waals surface area contributed by atoms with Gasteiger partial charge in [0.25, 0.3) is 0 Å². The SMILES string of the molecule is CCCNS(=O)(=O)c1cc(Cl)cc(CNC(C)C)c1Cl. The minimum Gasteiger partial charge on any atom is -0.310 e. The van der Waals surface area contributed by atoms with E-state index in [2.05, 4.69) is 10.0 Å². The Morgan fingerprint density at radius 2 is 1.90 bits per heavy atom. The third-order valence-corrected chi connectivity index (χ3v) is 4.87. The first-order chi connectivity index (χ1) is 9.27. The third-order valence-electron chi connectivity index (χ3n) is 2.61. The molecule has 0 spiro atoms. The van der Waals surface area contributed by atoms with Crippen LogP contribution in [0.3, 0.4) is 0 Å². The molecule has 20 heavy (non-hydrogen) atoms. The highest BCUT2D eigenvalue weighted by Gasteiger charge is 2.20. The van der Waals surface area contributed by atoms with Crippen LogP contribution in [0.25, 0.3) is 0 Å². The number of rotatable bonds is 7. The summed E-state index contributed by atoms with van der Waals surface area (Å²) in [6, 6.07) is 3.32. The van der Waals surface area contributed by atoms with Crippen LogP contribution in [0.15, 0.2) is 17.0 Å². The Morgan fingerprint density at radius 3 is 2.45 bits per heavy atom. The van der Waals surface area contributed by atoms with E-state index in [0.29, 0.717) is 30.1 Å². The highest BCUT2D eigenvalue weighted by atomic mass is 35.5. The van der Waals surface area contributed by atoms with E-state index in [-0.39, 0.29) is 16.0 Å². The first kappa shape index (κ1) is 17.7. The molecule has 2 N–H and O–H groups in total. The first-order valence-electron chi connectivity index (χ1n) is 6.49. The second kappa shape index (κ2) is 7.61. The Balaban J connectivity index is 3.14. The van der Waals surface area contributed by atoms with Gasteiger partial charge in [0.05, 0.1) is 5.02 Å². The van der Waals surface area contributed by atoms with Gasteiger partial charge >= 0.3 is 0 Å². The van der Waals surface area contributed by atoms with E-state index >= 15 is 0 Å². The number of hydrogen-bond donors (Lipinski definition) is 2. The van der Waals surface area contributed by atoms with Crippen LogP contribution < -0.4 is 10.0 Å². The number of benzene rings is 1. The van der Waals surface area contributed by atoms with E-state index in [9.17, 15) is 8.42 Å². The van der Waals surface area contributed by atoms with Crippen molar-refractivity contribution in [3.8, 4) is 0 Å². The maximum atomic E-state index is 12.2. The Labute approximate surface area is 130 Å². The predicted molar refractivity (Wildman–Crippen MR) is 83.9 cm³/mol. The van der Waals surface area contributed by atoms with Crippen LogP contribution in [-0.2, 0) is 16.6 Å². The molecule has 114 valence electrons. The lowest BCUT2D eigenvalue weighted by Gasteiger charge is -2.14. The summed E-state index contributed by atoms with van der Waals surface area (Å²) in [5, 5.41) is 3.76.